The van der Waals surface area contributed by atoms with E-state index in [4.69, 9.17) is 9.63 Å². The quantitative estimate of drug-likeness (QED) is 0.896. The molecule has 2 heterocycles. The average molecular weight is 258 g/mol. The first-order chi connectivity index (χ1) is 9.16. The number of hydrogen-bond acceptors (Lipinski definition) is 4. The topological polar surface area (TPSA) is 66.6 Å². The molecule has 0 amide bonds. The van der Waals surface area contributed by atoms with Gasteiger partial charge in [-0.25, -0.2) is 4.79 Å². The second-order valence-corrected chi connectivity index (χ2v) is 4.71. The van der Waals surface area contributed by atoms with E-state index < -0.39 is 5.97 Å². The molecule has 2 aromatic rings. The fraction of sp³-hybridized carbons (Fsp3) is 0.286. The highest BCUT2D eigenvalue weighted by molar-refractivity contribution is 5.86. The molecular weight excluding hydrogens is 244 g/mol. The minimum atomic E-state index is -1.10. The predicted octanol–water partition coefficient (Wildman–Crippen LogP) is 2.42. The smallest absolute Gasteiger partial charge is 0.374 e. The summed E-state index contributed by atoms with van der Waals surface area (Å²) in [4.78, 5) is 13.1. The van der Waals surface area contributed by atoms with Crippen molar-refractivity contribution in [2.75, 3.05) is 18.5 Å². The summed E-state index contributed by atoms with van der Waals surface area (Å²) in [6.07, 6.45) is 2.06. The first kappa shape index (κ1) is 11.8. The third-order valence-corrected chi connectivity index (χ3v) is 3.48. The van der Waals surface area contributed by atoms with Crippen LogP contribution in [0.3, 0.4) is 0 Å². The standard InChI is InChI=1S/C14H14N2O3/c1-16-7-3-5-10-9(4-2-6-12(10)16)11-8-13(14(17)18)19-15-11/h2,4,6,8H,3,5,7H2,1H3,(H,17,18). The van der Waals surface area contributed by atoms with Crippen molar-refractivity contribution in [1.29, 1.82) is 0 Å². The summed E-state index contributed by atoms with van der Waals surface area (Å²) < 4.78 is 4.84. The molecule has 0 spiro atoms. The van der Waals surface area contributed by atoms with Crippen molar-refractivity contribution >= 4 is 11.7 Å². The van der Waals surface area contributed by atoms with E-state index >= 15 is 0 Å². The molecule has 1 aromatic carbocycles. The Morgan fingerprint density at radius 3 is 3.05 bits per heavy atom. The number of fused-ring (bicyclic) bond motifs is 1. The van der Waals surface area contributed by atoms with Gasteiger partial charge in [0.2, 0.25) is 5.76 Å². The van der Waals surface area contributed by atoms with Gasteiger partial charge >= 0.3 is 5.97 Å². The summed E-state index contributed by atoms with van der Waals surface area (Å²) in [7, 11) is 2.06. The largest absolute Gasteiger partial charge is 0.475 e. The van der Waals surface area contributed by atoms with E-state index in [9.17, 15) is 4.79 Å². The summed E-state index contributed by atoms with van der Waals surface area (Å²) in [5.74, 6) is -1.22. The number of nitrogens with zero attached hydrogens (tertiary/aromatic N) is 2. The Balaban J connectivity index is 2.09. The van der Waals surface area contributed by atoms with Crippen LogP contribution in [0.5, 0.6) is 0 Å². The van der Waals surface area contributed by atoms with Gasteiger partial charge in [-0.05, 0) is 24.5 Å². The van der Waals surface area contributed by atoms with E-state index in [-0.39, 0.29) is 5.76 Å². The van der Waals surface area contributed by atoms with E-state index in [0.717, 1.165) is 24.9 Å². The van der Waals surface area contributed by atoms with Crippen molar-refractivity contribution in [2.24, 2.45) is 0 Å². The van der Waals surface area contributed by atoms with Crippen molar-refractivity contribution in [3.8, 4) is 11.3 Å². The summed E-state index contributed by atoms with van der Waals surface area (Å²) in [6.45, 7) is 1.04. The molecule has 0 radical (unpaired) electrons. The molecule has 0 fully saturated rings. The molecular formula is C14H14N2O3. The number of anilines is 1. The lowest BCUT2D eigenvalue weighted by atomic mass is 9.95. The van der Waals surface area contributed by atoms with E-state index in [1.165, 1.54) is 17.3 Å². The molecule has 98 valence electrons. The summed E-state index contributed by atoms with van der Waals surface area (Å²) in [5, 5.41) is 12.8. The molecule has 5 nitrogen and oxygen atoms in total. The van der Waals surface area contributed by atoms with Crippen LogP contribution in [0.15, 0.2) is 28.8 Å². The van der Waals surface area contributed by atoms with Gasteiger partial charge in [-0.15, -0.1) is 0 Å². The zero-order valence-electron chi connectivity index (χ0n) is 10.6. The second kappa shape index (κ2) is 4.42. The molecule has 0 aliphatic carbocycles. The van der Waals surface area contributed by atoms with Crippen LogP contribution in [0.2, 0.25) is 0 Å². The molecule has 19 heavy (non-hydrogen) atoms. The van der Waals surface area contributed by atoms with Crippen molar-refractivity contribution in [2.45, 2.75) is 12.8 Å². The van der Waals surface area contributed by atoms with Crippen molar-refractivity contribution in [1.82, 2.24) is 5.16 Å². The maximum Gasteiger partial charge on any atom is 0.374 e. The number of hydrogen-bond donors (Lipinski definition) is 1. The zero-order chi connectivity index (χ0) is 13.4. The second-order valence-electron chi connectivity index (χ2n) is 4.71. The molecule has 1 aromatic heterocycles. The Morgan fingerprint density at radius 2 is 2.32 bits per heavy atom. The van der Waals surface area contributed by atoms with Crippen LogP contribution >= 0.6 is 0 Å². The van der Waals surface area contributed by atoms with Crippen LogP contribution in [-0.2, 0) is 6.42 Å². The van der Waals surface area contributed by atoms with Gasteiger partial charge in [-0.1, -0.05) is 17.3 Å². The van der Waals surface area contributed by atoms with E-state index in [1.54, 1.807) is 0 Å². The minimum Gasteiger partial charge on any atom is -0.475 e. The van der Waals surface area contributed by atoms with E-state index in [2.05, 4.69) is 23.2 Å². The van der Waals surface area contributed by atoms with Crippen LogP contribution in [0.4, 0.5) is 5.69 Å². The number of benzene rings is 1. The van der Waals surface area contributed by atoms with Gasteiger partial charge in [-0.2, -0.15) is 0 Å². The Labute approximate surface area is 110 Å². The minimum absolute atomic E-state index is 0.128. The van der Waals surface area contributed by atoms with Crippen LogP contribution in [0.25, 0.3) is 11.3 Å². The summed E-state index contributed by atoms with van der Waals surface area (Å²) >= 11 is 0. The van der Waals surface area contributed by atoms with Crippen molar-refractivity contribution in [3.63, 3.8) is 0 Å². The SMILES string of the molecule is CN1CCCc2c(-c3cc(C(=O)O)on3)cccc21. The fourth-order valence-corrected chi connectivity index (χ4v) is 2.55. The predicted molar refractivity (Wildman–Crippen MR) is 70.5 cm³/mol. The fourth-order valence-electron chi connectivity index (χ4n) is 2.55. The Bertz CT molecular complexity index is 633. The van der Waals surface area contributed by atoms with Gasteiger partial charge in [0.05, 0.1) is 0 Å². The van der Waals surface area contributed by atoms with Gasteiger partial charge in [0.25, 0.3) is 0 Å². The molecule has 0 atom stereocenters. The number of aromatic carboxylic acids is 1. The Morgan fingerprint density at radius 1 is 1.47 bits per heavy atom. The lowest BCUT2D eigenvalue weighted by Crippen LogP contribution is -2.24. The van der Waals surface area contributed by atoms with Crippen LogP contribution in [-0.4, -0.2) is 29.8 Å². The van der Waals surface area contributed by atoms with Gasteiger partial charge in [0.1, 0.15) is 5.69 Å². The highest BCUT2D eigenvalue weighted by Gasteiger charge is 2.20. The van der Waals surface area contributed by atoms with Gasteiger partial charge in [0.15, 0.2) is 0 Å². The Kier molecular flexibility index (Phi) is 2.74. The van der Waals surface area contributed by atoms with Gasteiger partial charge in [0, 0.05) is 30.9 Å². The average Bonchev–Trinajstić information content (AvgIpc) is 2.88. The molecule has 0 saturated heterocycles. The third kappa shape index (κ3) is 1.97. The van der Waals surface area contributed by atoms with Gasteiger partial charge < -0.3 is 14.5 Å². The lowest BCUT2D eigenvalue weighted by Gasteiger charge is -2.28. The molecule has 1 N–H and O–H groups in total. The van der Waals surface area contributed by atoms with Crippen LogP contribution in [0.1, 0.15) is 22.5 Å². The molecule has 0 bridgehead atoms. The van der Waals surface area contributed by atoms with Gasteiger partial charge in [-0.3, -0.25) is 0 Å². The normalized spacial score (nSPS) is 14.3. The highest BCUT2D eigenvalue weighted by Crippen LogP contribution is 2.34. The number of aromatic nitrogens is 1. The molecule has 1 aliphatic heterocycles. The lowest BCUT2D eigenvalue weighted by molar-refractivity contribution is 0.0652. The summed E-state index contributed by atoms with van der Waals surface area (Å²) in [5.41, 5.74) is 3.94. The first-order valence-electron chi connectivity index (χ1n) is 6.20. The van der Waals surface area contributed by atoms with E-state index in [0.29, 0.717) is 5.69 Å². The molecule has 3 rings (SSSR count). The monoisotopic (exact) mass is 258 g/mol. The molecule has 1 aliphatic rings. The number of carboxylic acids is 1. The zero-order valence-corrected chi connectivity index (χ0v) is 10.6. The van der Waals surface area contributed by atoms with Crippen LogP contribution in [0, 0.1) is 0 Å². The summed E-state index contributed by atoms with van der Waals surface area (Å²) in [6, 6.07) is 7.48. The number of rotatable bonds is 2. The molecule has 5 heteroatoms. The Hall–Kier alpha value is -2.30. The van der Waals surface area contributed by atoms with Crippen LogP contribution < -0.4 is 4.90 Å². The molecule has 0 saturated carbocycles. The maximum atomic E-state index is 10.8. The first-order valence-corrected chi connectivity index (χ1v) is 6.20. The number of carbonyl (C=O) groups is 1. The third-order valence-electron chi connectivity index (χ3n) is 3.48. The van der Waals surface area contributed by atoms with Crippen molar-refractivity contribution < 1.29 is 14.4 Å². The number of carboxylic acid groups (broad SMARTS) is 1. The van der Waals surface area contributed by atoms with E-state index in [1.807, 2.05) is 12.1 Å². The maximum absolute atomic E-state index is 10.8. The highest BCUT2D eigenvalue weighted by atomic mass is 16.5. The molecule has 0 unspecified atom stereocenters. The van der Waals surface area contributed by atoms with Crippen molar-refractivity contribution in [3.05, 3.63) is 35.6 Å².